The lowest BCUT2D eigenvalue weighted by Gasteiger charge is -2.36. The molecular formula is C23H23F3N6O2. The van der Waals surface area contributed by atoms with Gasteiger partial charge in [0, 0.05) is 38.4 Å². The molecule has 178 valence electrons. The van der Waals surface area contributed by atoms with Crippen LogP contribution in [-0.2, 0) is 12.7 Å². The summed E-state index contributed by atoms with van der Waals surface area (Å²) in [7, 11) is 0. The smallest absolute Gasteiger partial charge is 0.416 e. The summed E-state index contributed by atoms with van der Waals surface area (Å²) in [5.41, 5.74) is 7.25. The fourth-order valence-corrected chi connectivity index (χ4v) is 4.06. The summed E-state index contributed by atoms with van der Waals surface area (Å²) >= 11 is 0. The van der Waals surface area contributed by atoms with Crippen LogP contribution in [0.15, 0.2) is 48.8 Å². The third kappa shape index (κ3) is 4.65. The highest BCUT2D eigenvalue weighted by Crippen LogP contribution is 2.34. The Kier molecular flexibility index (Phi) is 5.78. The first-order valence-electron chi connectivity index (χ1n) is 10.8. The average Bonchev–Trinajstić information content (AvgIpc) is 3.29. The van der Waals surface area contributed by atoms with E-state index in [4.69, 9.17) is 15.2 Å². The van der Waals surface area contributed by atoms with E-state index in [9.17, 15) is 13.2 Å². The Bertz CT molecular complexity index is 1180. The summed E-state index contributed by atoms with van der Waals surface area (Å²) in [6, 6.07) is 10.9. The molecule has 0 aliphatic carbocycles. The molecule has 0 unspecified atom stereocenters. The maximum Gasteiger partial charge on any atom is 0.416 e. The first-order chi connectivity index (χ1) is 16.4. The van der Waals surface area contributed by atoms with Crippen LogP contribution in [0.3, 0.4) is 0 Å². The SMILES string of the molecule is Nc1c(Nc2cccc(C(F)(F)F)c2)ncnc1N1CCN(Cc2ccc3c(c2)OCO3)CC1. The number of hydrogen-bond acceptors (Lipinski definition) is 8. The molecule has 0 atom stereocenters. The van der Waals surface area contributed by atoms with Gasteiger partial charge in [-0.2, -0.15) is 13.2 Å². The topological polar surface area (TPSA) is 88.8 Å². The van der Waals surface area contributed by atoms with Crippen LogP contribution < -0.4 is 25.4 Å². The number of nitrogens with two attached hydrogens (primary N) is 1. The Labute approximate surface area is 194 Å². The Balaban J connectivity index is 1.24. The number of nitrogen functional groups attached to an aromatic ring is 1. The predicted molar refractivity (Wildman–Crippen MR) is 121 cm³/mol. The second kappa shape index (κ2) is 8.90. The molecule has 0 bridgehead atoms. The van der Waals surface area contributed by atoms with Crippen LogP contribution in [0, 0.1) is 0 Å². The molecule has 2 aromatic carbocycles. The Hall–Kier alpha value is -3.73. The van der Waals surface area contributed by atoms with Gasteiger partial charge < -0.3 is 25.4 Å². The van der Waals surface area contributed by atoms with Crippen molar-refractivity contribution in [3.8, 4) is 11.5 Å². The number of nitrogens with one attached hydrogen (secondary N) is 1. The van der Waals surface area contributed by atoms with E-state index in [1.807, 2.05) is 18.2 Å². The van der Waals surface area contributed by atoms with Gasteiger partial charge >= 0.3 is 6.18 Å². The fourth-order valence-electron chi connectivity index (χ4n) is 4.06. The van der Waals surface area contributed by atoms with Crippen molar-refractivity contribution in [1.82, 2.24) is 14.9 Å². The van der Waals surface area contributed by atoms with Gasteiger partial charge in [-0.3, -0.25) is 4.90 Å². The second-order valence-corrected chi connectivity index (χ2v) is 8.11. The molecule has 2 aliphatic heterocycles. The number of piperazine rings is 1. The number of rotatable bonds is 5. The zero-order valence-corrected chi connectivity index (χ0v) is 18.2. The van der Waals surface area contributed by atoms with E-state index in [0.29, 0.717) is 24.6 Å². The van der Waals surface area contributed by atoms with Crippen LogP contribution >= 0.6 is 0 Å². The Morgan fingerprint density at radius 2 is 1.76 bits per heavy atom. The number of fused-ring (bicyclic) bond motifs is 1. The zero-order valence-electron chi connectivity index (χ0n) is 18.2. The molecule has 0 amide bonds. The van der Waals surface area contributed by atoms with Crippen molar-refractivity contribution < 1.29 is 22.6 Å². The molecule has 3 N–H and O–H groups in total. The van der Waals surface area contributed by atoms with E-state index in [2.05, 4.69) is 25.1 Å². The fraction of sp³-hybridized carbons (Fsp3) is 0.304. The molecule has 1 fully saturated rings. The van der Waals surface area contributed by atoms with Crippen molar-refractivity contribution >= 4 is 23.0 Å². The van der Waals surface area contributed by atoms with E-state index in [1.54, 1.807) is 0 Å². The number of ether oxygens (including phenoxy) is 2. The maximum absolute atomic E-state index is 13.0. The maximum atomic E-state index is 13.0. The molecule has 8 nitrogen and oxygen atoms in total. The molecule has 1 aromatic heterocycles. The Morgan fingerprint density at radius 1 is 0.971 bits per heavy atom. The first-order valence-corrected chi connectivity index (χ1v) is 10.8. The van der Waals surface area contributed by atoms with Gasteiger partial charge in [-0.25, -0.2) is 9.97 Å². The van der Waals surface area contributed by atoms with Gasteiger partial charge in [-0.1, -0.05) is 12.1 Å². The predicted octanol–water partition coefficient (Wildman–Crippen LogP) is 3.87. The lowest BCUT2D eigenvalue weighted by atomic mass is 10.1. The van der Waals surface area contributed by atoms with Crippen molar-refractivity contribution in [1.29, 1.82) is 0 Å². The average molecular weight is 472 g/mol. The second-order valence-electron chi connectivity index (χ2n) is 8.11. The number of nitrogens with zero attached hydrogens (tertiary/aromatic N) is 4. The minimum absolute atomic E-state index is 0.250. The molecule has 0 radical (unpaired) electrons. The molecule has 3 heterocycles. The lowest BCUT2D eigenvalue weighted by Crippen LogP contribution is -2.46. The van der Waals surface area contributed by atoms with Gasteiger partial charge in [0.1, 0.15) is 12.0 Å². The Morgan fingerprint density at radius 3 is 2.56 bits per heavy atom. The standard InChI is InChI=1S/C23H23F3N6O2/c24-23(25,26)16-2-1-3-17(11-16)30-21-20(27)22(29-13-28-21)32-8-6-31(7-9-32)12-15-4-5-18-19(10-15)34-14-33-18/h1-5,10-11,13H,6-9,12,14,27H2,(H,28,29,30). The molecule has 0 spiro atoms. The molecule has 11 heteroatoms. The van der Waals surface area contributed by atoms with Crippen LogP contribution in [0.1, 0.15) is 11.1 Å². The van der Waals surface area contributed by atoms with Gasteiger partial charge in [0.2, 0.25) is 6.79 Å². The van der Waals surface area contributed by atoms with Crippen molar-refractivity contribution in [2.75, 3.05) is 48.9 Å². The van der Waals surface area contributed by atoms with Crippen LogP contribution in [-0.4, -0.2) is 47.8 Å². The number of aromatic nitrogens is 2. The summed E-state index contributed by atoms with van der Waals surface area (Å²) in [5, 5.41) is 2.89. The molecule has 34 heavy (non-hydrogen) atoms. The highest BCUT2D eigenvalue weighted by atomic mass is 19.4. The van der Waals surface area contributed by atoms with Crippen molar-refractivity contribution in [3.63, 3.8) is 0 Å². The summed E-state index contributed by atoms with van der Waals surface area (Å²) in [4.78, 5) is 12.8. The van der Waals surface area contributed by atoms with E-state index < -0.39 is 11.7 Å². The van der Waals surface area contributed by atoms with E-state index in [-0.39, 0.29) is 18.3 Å². The van der Waals surface area contributed by atoms with Crippen LogP contribution in [0.2, 0.25) is 0 Å². The van der Waals surface area contributed by atoms with E-state index in [1.165, 1.54) is 18.5 Å². The van der Waals surface area contributed by atoms with Crippen molar-refractivity contribution in [2.45, 2.75) is 12.7 Å². The highest BCUT2D eigenvalue weighted by Gasteiger charge is 2.30. The summed E-state index contributed by atoms with van der Waals surface area (Å²) in [6.45, 7) is 4.04. The number of benzene rings is 2. The molecule has 5 rings (SSSR count). The summed E-state index contributed by atoms with van der Waals surface area (Å²) in [6.07, 6.45) is -3.07. The van der Waals surface area contributed by atoms with Gasteiger partial charge in [0.05, 0.1) is 5.56 Å². The number of anilines is 4. The van der Waals surface area contributed by atoms with E-state index in [0.717, 1.165) is 48.8 Å². The molecule has 1 saturated heterocycles. The largest absolute Gasteiger partial charge is 0.454 e. The minimum Gasteiger partial charge on any atom is -0.454 e. The molecular weight excluding hydrogens is 449 g/mol. The molecule has 2 aliphatic rings. The number of hydrogen-bond donors (Lipinski definition) is 2. The molecule has 0 saturated carbocycles. The summed E-state index contributed by atoms with van der Waals surface area (Å²) < 4.78 is 49.9. The monoisotopic (exact) mass is 472 g/mol. The van der Waals surface area contributed by atoms with Crippen molar-refractivity contribution in [3.05, 3.63) is 59.9 Å². The summed E-state index contributed by atoms with van der Waals surface area (Å²) in [5.74, 6) is 2.37. The third-order valence-corrected chi connectivity index (χ3v) is 5.83. The van der Waals surface area contributed by atoms with Gasteiger partial charge in [0.15, 0.2) is 23.1 Å². The highest BCUT2D eigenvalue weighted by molar-refractivity contribution is 5.78. The molecule has 3 aromatic rings. The third-order valence-electron chi connectivity index (χ3n) is 5.83. The van der Waals surface area contributed by atoms with Gasteiger partial charge in [-0.05, 0) is 35.9 Å². The quantitative estimate of drug-likeness (QED) is 0.579. The van der Waals surface area contributed by atoms with Crippen molar-refractivity contribution in [2.24, 2.45) is 0 Å². The van der Waals surface area contributed by atoms with Crippen LogP contribution in [0.25, 0.3) is 0 Å². The normalized spacial score (nSPS) is 16.0. The number of alkyl halides is 3. The van der Waals surface area contributed by atoms with Gasteiger partial charge in [-0.15, -0.1) is 0 Å². The van der Waals surface area contributed by atoms with Gasteiger partial charge in [0.25, 0.3) is 0 Å². The minimum atomic E-state index is -4.43. The van der Waals surface area contributed by atoms with E-state index >= 15 is 0 Å². The zero-order chi connectivity index (χ0) is 23.7. The van der Waals surface area contributed by atoms with Crippen LogP contribution in [0.5, 0.6) is 11.5 Å². The number of halogens is 3. The lowest BCUT2D eigenvalue weighted by molar-refractivity contribution is -0.137. The first kappa shape index (κ1) is 22.1. The van der Waals surface area contributed by atoms with Crippen LogP contribution in [0.4, 0.5) is 36.2 Å².